The Morgan fingerprint density at radius 1 is 1.56 bits per heavy atom. The van der Waals surface area contributed by atoms with Crippen LogP contribution in [-0.4, -0.2) is 16.4 Å². The lowest BCUT2D eigenvalue weighted by molar-refractivity contribution is 0.527. The first-order chi connectivity index (χ1) is 8.79. The van der Waals surface area contributed by atoms with Gasteiger partial charge in [0.25, 0.3) is 0 Å². The summed E-state index contributed by atoms with van der Waals surface area (Å²) in [4.78, 5) is 6.82. The summed E-state index contributed by atoms with van der Waals surface area (Å²) >= 11 is 3.31. The molecule has 0 fully saturated rings. The largest absolute Gasteiger partial charge is 0.468 e. The third-order valence-electron chi connectivity index (χ3n) is 2.69. The molecular weight excluding hydrogens is 266 g/mol. The van der Waals surface area contributed by atoms with Crippen LogP contribution in [0.2, 0.25) is 0 Å². The molecule has 3 aromatic rings. The zero-order chi connectivity index (χ0) is 12.5. The summed E-state index contributed by atoms with van der Waals surface area (Å²) in [6.45, 7) is 2.77. The number of thiazole rings is 1. The molecule has 0 unspecified atom stereocenters. The van der Waals surface area contributed by atoms with Gasteiger partial charge in [0, 0.05) is 18.1 Å². The fourth-order valence-corrected chi connectivity index (χ4v) is 3.54. The van der Waals surface area contributed by atoms with E-state index in [9.17, 15) is 0 Å². The van der Waals surface area contributed by atoms with Crippen molar-refractivity contribution in [3.05, 3.63) is 35.4 Å². The first-order valence-electron chi connectivity index (χ1n) is 5.60. The topological polar surface area (TPSA) is 42.5 Å². The Morgan fingerprint density at radius 2 is 2.44 bits per heavy atom. The van der Waals surface area contributed by atoms with E-state index < -0.39 is 0 Å². The van der Waals surface area contributed by atoms with Crippen molar-refractivity contribution in [3.8, 4) is 0 Å². The Hall–Kier alpha value is -1.24. The molecule has 0 aliphatic carbocycles. The van der Waals surface area contributed by atoms with Gasteiger partial charge in [0.2, 0.25) is 0 Å². The summed E-state index contributed by atoms with van der Waals surface area (Å²) in [5.74, 6) is 0.937. The zero-order valence-electron chi connectivity index (χ0n) is 10.1. The molecule has 0 spiro atoms. The van der Waals surface area contributed by atoms with Gasteiger partial charge >= 0.3 is 0 Å². The van der Waals surface area contributed by atoms with Crippen molar-refractivity contribution in [1.82, 2.24) is 14.7 Å². The second kappa shape index (κ2) is 4.79. The zero-order valence-corrected chi connectivity index (χ0v) is 11.8. The van der Waals surface area contributed by atoms with Gasteiger partial charge in [-0.2, -0.15) is 0 Å². The summed E-state index contributed by atoms with van der Waals surface area (Å²) in [5, 5.41) is 6.29. The second-order valence-corrected chi connectivity index (χ2v) is 5.80. The molecule has 0 saturated carbocycles. The van der Waals surface area contributed by atoms with Crippen molar-refractivity contribution in [3.63, 3.8) is 0 Å². The molecule has 6 heteroatoms. The van der Waals surface area contributed by atoms with E-state index in [-0.39, 0.29) is 0 Å². The van der Waals surface area contributed by atoms with E-state index in [4.69, 9.17) is 4.42 Å². The number of nitrogens with zero attached hydrogens (tertiary/aromatic N) is 2. The first kappa shape index (κ1) is 11.8. The van der Waals surface area contributed by atoms with Gasteiger partial charge in [-0.25, -0.2) is 4.98 Å². The number of hydrogen-bond donors (Lipinski definition) is 1. The lowest BCUT2D eigenvalue weighted by Gasteiger charge is -2.02. The standard InChI is InChI=1S/C12H13N3OS2/c1-8-10(3-5-16-8)18-11-9(7-13-2)15-4-6-17-12(15)14-11/h3-6,13H,7H2,1-2H3. The van der Waals surface area contributed by atoms with Crippen LogP contribution in [-0.2, 0) is 6.54 Å². The van der Waals surface area contributed by atoms with Crippen LogP contribution in [0, 0.1) is 6.92 Å². The number of nitrogens with one attached hydrogen (secondary N) is 1. The minimum absolute atomic E-state index is 0.803. The Bertz CT molecular complexity index is 668. The highest BCUT2D eigenvalue weighted by molar-refractivity contribution is 7.99. The normalized spacial score (nSPS) is 11.4. The molecule has 94 valence electrons. The smallest absolute Gasteiger partial charge is 0.194 e. The van der Waals surface area contributed by atoms with Crippen LogP contribution in [0.25, 0.3) is 4.96 Å². The summed E-state index contributed by atoms with van der Waals surface area (Å²) in [6, 6.07) is 1.98. The second-order valence-electron chi connectivity index (χ2n) is 3.89. The summed E-state index contributed by atoms with van der Waals surface area (Å²) in [5.41, 5.74) is 1.19. The van der Waals surface area contributed by atoms with E-state index in [0.29, 0.717) is 0 Å². The van der Waals surface area contributed by atoms with Gasteiger partial charge in [0.05, 0.1) is 16.9 Å². The van der Waals surface area contributed by atoms with Gasteiger partial charge in [0.1, 0.15) is 10.8 Å². The SMILES string of the molecule is CNCc1c(Sc2ccoc2C)nc2sccn12. The maximum atomic E-state index is 5.32. The van der Waals surface area contributed by atoms with Crippen molar-refractivity contribution in [2.45, 2.75) is 23.4 Å². The van der Waals surface area contributed by atoms with Crippen LogP contribution in [0.1, 0.15) is 11.5 Å². The van der Waals surface area contributed by atoms with Crippen LogP contribution < -0.4 is 5.32 Å². The van der Waals surface area contributed by atoms with Crippen LogP contribution in [0.5, 0.6) is 0 Å². The third kappa shape index (κ3) is 1.96. The highest BCUT2D eigenvalue weighted by atomic mass is 32.2. The van der Waals surface area contributed by atoms with Gasteiger partial charge in [-0.15, -0.1) is 11.3 Å². The van der Waals surface area contributed by atoms with E-state index in [2.05, 4.69) is 26.3 Å². The molecule has 0 amide bonds. The lowest BCUT2D eigenvalue weighted by Crippen LogP contribution is -2.08. The molecule has 0 atom stereocenters. The molecule has 0 saturated heterocycles. The van der Waals surface area contributed by atoms with Crippen molar-refractivity contribution in [2.24, 2.45) is 0 Å². The minimum atomic E-state index is 0.803. The Morgan fingerprint density at radius 3 is 3.17 bits per heavy atom. The van der Waals surface area contributed by atoms with Crippen molar-refractivity contribution >= 4 is 28.1 Å². The molecule has 3 aromatic heterocycles. The number of furan rings is 1. The number of imidazole rings is 1. The predicted octanol–water partition coefficient (Wildman–Crippen LogP) is 3.17. The van der Waals surface area contributed by atoms with Crippen molar-refractivity contribution in [2.75, 3.05) is 7.05 Å². The van der Waals surface area contributed by atoms with Gasteiger partial charge in [0.15, 0.2) is 4.96 Å². The summed E-state index contributed by atoms with van der Waals surface area (Å²) < 4.78 is 7.46. The van der Waals surface area contributed by atoms with Gasteiger partial charge in [-0.3, -0.25) is 4.40 Å². The molecule has 1 N–H and O–H groups in total. The predicted molar refractivity (Wildman–Crippen MR) is 73.4 cm³/mol. The van der Waals surface area contributed by atoms with E-state index in [1.165, 1.54) is 5.69 Å². The number of aryl methyl sites for hydroxylation is 1. The van der Waals surface area contributed by atoms with Gasteiger partial charge < -0.3 is 9.73 Å². The Kier molecular flexibility index (Phi) is 3.15. The van der Waals surface area contributed by atoms with E-state index >= 15 is 0 Å². The quantitative estimate of drug-likeness (QED) is 0.796. The van der Waals surface area contributed by atoms with Crippen LogP contribution >= 0.6 is 23.1 Å². The molecule has 0 bridgehead atoms. The summed E-state index contributed by atoms with van der Waals surface area (Å²) in [7, 11) is 1.95. The average molecular weight is 279 g/mol. The van der Waals surface area contributed by atoms with E-state index in [1.807, 2.05) is 20.0 Å². The third-order valence-corrected chi connectivity index (χ3v) is 4.61. The molecule has 18 heavy (non-hydrogen) atoms. The molecule has 3 heterocycles. The first-order valence-corrected chi connectivity index (χ1v) is 7.30. The maximum Gasteiger partial charge on any atom is 0.194 e. The van der Waals surface area contributed by atoms with Crippen molar-refractivity contribution in [1.29, 1.82) is 0 Å². The minimum Gasteiger partial charge on any atom is -0.468 e. The molecule has 0 aromatic carbocycles. The molecule has 0 aliphatic rings. The fourth-order valence-electron chi connectivity index (χ4n) is 1.81. The number of aromatic nitrogens is 2. The molecule has 3 rings (SSSR count). The lowest BCUT2D eigenvalue weighted by atomic mass is 10.5. The van der Waals surface area contributed by atoms with Crippen LogP contribution in [0.15, 0.2) is 38.2 Å². The Labute approximate surface area is 113 Å². The molecular formula is C12H13N3OS2. The average Bonchev–Trinajstić information content (AvgIpc) is 3.01. The maximum absolute atomic E-state index is 5.32. The van der Waals surface area contributed by atoms with Gasteiger partial charge in [-0.05, 0) is 20.0 Å². The van der Waals surface area contributed by atoms with Crippen LogP contribution in [0.3, 0.4) is 0 Å². The molecule has 0 radical (unpaired) electrons. The number of hydrogen-bond acceptors (Lipinski definition) is 5. The Balaban J connectivity index is 2.02. The highest BCUT2D eigenvalue weighted by Gasteiger charge is 2.15. The summed E-state index contributed by atoms with van der Waals surface area (Å²) in [6.07, 6.45) is 3.78. The van der Waals surface area contributed by atoms with E-state index in [0.717, 1.165) is 27.2 Å². The molecule has 4 nitrogen and oxygen atoms in total. The van der Waals surface area contributed by atoms with Crippen LogP contribution in [0.4, 0.5) is 0 Å². The van der Waals surface area contributed by atoms with Crippen molar-refractivity contribution < 1.29 is 4.42 Å². The number of rotatable bonds is 4. The monoisotopic (exact) mass is 279 g/mol. The molecule has 0 aliphatic heterocycles. The van der Waals surface area contributed by atoms with E-state index in [1.54, 1.807) is 29.4 Å². The highest BCUT2D eigenvalue weighted by Crippen LogP contribution is 2.33. The fraction of sp³-hybridized carbons (Fsp3) is 0.250. The number of fused-ring (bicyclic) bond motifs is 1. The van der Waals surface area contributed by atoms with Gasteiger partial charge in [-0.1, -0.05) is 11.8 Å².